The minimum Gasteiger partial charge on any atom is -0.373 e. The lowest BCUT2D eigenvalue weighted by molar-refractivity contribution is -0.137. The van der Waals surface area contributed by atoms with Gasteiger partial charge in [0.2, 0.25) is 0 Å². The molecule has 3 aromatic rings. The normalized spacial score (nSPS) is 18.5. The number of ether oxygens (including phenoxy) is 1. The third-order valence-electron chi connectivity index (χ3n) is 5.64. The largest absolute Gasteiger partial charge is 0.416 e. The molecule has 4 rings (SSSR count). The van der Waals surface area contributed by atoms with E-state index >= 15 is 0 Å². The molecule has 158 valence electrons. The zero-order valence-electron chi connectivity index (χ0n) is 16.8. The van der Waals surface area contributed by atoms with Crippen LogP contribution in [0.3, 0.4) is 0 Å². The quantitative estimate of drug-likeness (QED) is 0.604. The fourth-order valence-corrected chi connectivity index (χ4v) is 3.98. The molecule has 1 aliphatic rings. The molecule has 0 radical (unpaired) electrons. The number of nitrogens with zero attached hydrogens (tertiary/aromatic N) is 1. The van der Waals surface area contributed by atoms with E-state index in [9.17, 15) is 13.2 Å². The van der Waals surface area contributed by atoms with Gasteiger partial charge in [-0.05, 0) is 47.5 Å². The van der Waals surface area contributed by atoms with Crippen LogP contribution in [0.25, 0.3) is 10.8 Å². The molecule has 6 heteroatoms. The summed E-state index contributed by atoms with van der Waals surface area (Å²) in [5.41, 5.74) is 1.41. The highest BCUT2D eigenvalue weighted by molar-refractivity contribution is 5.86. The fourth-order valence-electron chi connectivity index (χ4n) is 3.98. The van der Waals surface area contributed by atoms with Gasteiger partial charge in [0, 0.05) is 31.4 Å². The van der Waals surface area contributed by atoms with Gasteiger partial charge in [-0.3, -0.25) is 0 Å². The first kappa shape index (κ1) is 20.7. The van der Waals surface area contributed by atoms with Crippen molar-refractivity contribution in [1.82, 2.24) is 5.32 Å². The molecule has 2 atom stereocenters. The van der Waals surface area contributed by atoms with Crippen molar-refractivity contribution in [2.24, 2.45) is 0 Å². The molecule has 1 unspecified atom stereocenters. The van der Waals surface area contributed by atoms with Crippen LogP contribution in [0.15, 0.2) is 66.7 Å². The maximum Gasteiger partial charge on any atom is 0.416 e. The molecule has 0 bridgehead atoms. The Kier molecular flexibility index (Phi) is 5.97. The van der Waals surface area contributed by atoms with Crippen LogP contribution in [0.2, 0.25) is 0 Å². The average Bonchev–Trinajstić information content (AvgIpc) is 2.77. The van der Waals surface area contributed by atoms with Gasteiger partial charge in [-0.1, -0.05) is 42.5 Å². The summed E-state index contributed by atoms with van der Waals surface area (Å²) in [6.07, 6.45) is -4.34. The topological polar surface area (TPSA) is 24.5 Å². The maximum absolute atomic E-state index is 12.8. The van der Waals surface area contributed by atoms with E-state index in [0.717, 1.165) is 17.8 Å². The lowest BCUT2D eigenvalue weighted by Gasteiger charge is -2.35. The van der Waals surface area contributed by atoms with Crippen molar-refractivity contribution in [2.45, 2.75) is 25.2 Å². The summed E-state index contributed by atoms with van der Waals surface area (Å²) >= 11 is 0. The summed E-state index contributed by atoms with van der Waals surface area (Å²) in [6, 6.07) is 20.1. The van der Waals surface area contributed by atoms with Crippen molar-refractivity contribution in [3.05, 3.63) is 77.9 Å². The first-order valence-electron chi connectivity index (χ1n) is 10.2. The summed E-state index contributed by atoms with van der Waals surface area (Å²) in [7, 11) is 0. The Morgan fingerprint density at radius 1 is 1.03 bits per heavy atom. The first-order chi connectivity index (χ1) is 14.4. The number of anilines is 1. The van der Waals surface area contributed by atoms with E-state index < -0.39 is 11.7 Å². The van der Waals surface area contributed by atoms with Crippen LogP contribution in [0.4, 0.5) is 18.9 Å². The summed E-state index contributed by atoms with van der Waals surface area (Å²) in [5.74, 6) is 0. The van der Waals surface area contributed by atoms with E-state index in [-0.39, 0.29) is 12.1 Å². The molecule has 1 aliphatic heterocycles. The monoisotopic (exact) mass is 414 g/mol. The van der Waals surface area contributed by atoms with Crippen molar-refractivity contribution in [2.75, 3.05) is 31.1 Å². The second kappa shape index (κ2) is 8.66. The van der Waals surface area contributed by atoms with Gasteiger partial charge in [-0.15, -0.1) is 0 Å². The van der Waals surface area contributed by atoms with Gasteiger partial charge in [0.25, 0.3) is 0 Å². The van der Waals surface area contributed by atoms with E-state index in [4.69, 9.17) is 4.74 Å². The summed E-state index contributed by atoms with van der Waals surface area (Å²) in [6.45, 7) is 4.66. The van der Waals surface area contributed by atoms with Gasteiger partial charge in [-0.25, -0.2) is 0 Å². The Morgan fingerprint density at radius 3 is 2.53 bits per heavy atom. The minimum absolute atomic E-state index is 0.0292. The Morgan fingerprint density at radius 2 is 1.77 bits per heavy atom. The summed E-state index contributed by atoms with van der Waals surface area (Å²) in [4.78, 5) is 2.08. The third kappa shape index (κ3) is 4.60. The maximum atomic E-state index is 12.8. The number of alkyl halides is 3. The molecule has 0 spiro atoms. The molecule has 0 aliphatic carbocycles. The van der Waals surface area contributed by atoms with Crippen LogP contribution < -0.4 is 10.2 Å². The Labute approximate surface area is 174 Å². The molecule has 1 N–H and O–H groups in total. The van der Waals surface area contributed by atoms with Crippen molar-refractivity contribution in [1.29, 1.82) is 0 Å². The van der Waals surface area contributed by atoms with Crippen molar-refractivity contribution in [3.8, 4) is 0 Å². The number of hydrogen-bond donors (Lipinski definition) is 1. The minimum atomic E-state index is -4.31. The number of hydrogen-bond acceptors (Lipinski definition) is 3. The molecule has 0 aromatic heterocycles. The van der Waals surface area contributed by atoms with E-state index in [1.54, 1.807) is 0 Å². The van der Waals surface area contributed by atoms with E-state index in [2.05, 4.69) is 47.5 Å². The highest BCUT2D eigenvalue weighted by Gasteiger charge is 2.30. The van der Waals surface area contributed by atoms with Crippen molar-refractivity contribution >= 4 is 16.5 Å². The van der Waals surface area contributed by atoms with Crippen LogP contribution in [0, 0.1) is 0 Å². The van der Waals surface area contributed by atoms with Crippen LogP contribution in [-0.4, -0.2) is 32.3 Å². The number of rotatable bonds is 5. The number of benzene rings is 3. The third-order valence-corrected chi connectivity index (χ3v) is 5.64. The molecule has 3 aromatic carbocycles. The SMILES string of the molecule is C[C@@H](NCC1CN(c2ccc(C(F)(F)F)cc2)CCO1)c1cccc2ccccc12. The van der Waals surface area contributed by atoms with Gasteiger partial charge in [0.15, 0.2) is 0 Å². The van der Waals surface area contributed by atoms with Gasteiger partial charge in [-0.2, -0.15) is 13.2 Å². The van der Waals surface area contributed by atoms with Gasteiger partial charge < -0.3 is 15.0 Å². The van der Waals surface area contributed by atoms with E-state index in [0.29, 0.717) is 26.2 Å². The number of fused-ring (bicyclic) bond motifs is 1. The molecular formula is C24H25F3N2O. The molecule has 3 nitrogen and oxygen atoms in total. The molecular weight excluding hydrogens is 389 g/mol. The second-order valence-electron chi connectivity index (χ2n) is 7.68. The number of nitrogens with one attached hydrogen (secondary N) is 1. The Bertz CT molecular complexity index is 982. The summed E-state index contributed by atoms with van der Waals surface area (Å²) < 4.78 is 44.3. The van der Waals surface area contributed by atoms with Crippen LogP contribution in [0.1, 0.15) is 24.1 Å². The Hall–Kier alpha value is -2.57. The highest BCUT2D eigenvalue weighted by Crippen LogP contribution is 2.31. The average molecular weight is 414 g/mol. The molecule has 1 fully saturated rings. The lowest BCUT2D eigenvalue weighted by Crippen LogP contribution is -2.47. The van der Waals surface area contributed by atoms with E-state index in [1.165, 1.54) is 28.5 Å². The standard InChI is InChI=1S/C24H25F3N2O/c1-17(22-8-4-6-18-5-2-3-7-23(18)22)28-15-21-16-29(13-14-30-21)20-11-9-19(10-12-20)24(25,26)27/h2-12,17,21,28H,13-16H2,1H3/t17-,21?/m1/s1. The zero-order chi connectivity index (χ0) is 21.1. The predicted molar refractivity (Wildman–Crippen MR) is 114 cm³/mol. The highest BCUT2D eigenvalue weighted by atomic mass is 19.4. The molecule has 1 saturated heterocycles. The summed E-state index contributed by atoms with van der Waals surface area (Å²) in [5, 5.41) is 6.01. The Balaban J connectivity index is 1.38. The predicted octanol–water partition coefficient (Wildman–Crippen LogP) is 5.41. The lowest BCUT2D eigenvalue weighted by atomic mass is 9.99. The van der Waals surface area contributed by atoms with Crippen LogP contribution in [-0.2, 0) is 10.9 Å². The van der Waals surface area contributed by atoms with Crippen molar-refractivity contribution in [3.63, 3.8) is 0 Å². The number of halogens is 3. The van der Waals surface area contributed by atoms with Crippen LogP contribution in [0.5, 0.6) is 0 Å². The zero-order valence-corrected chi connectivity index (χ0v) is 16.8. The van der Waals surface area contributed by atoms with Gasteiger partial charge in [0.1, 0.15) is 0 Å². The van der Waals surface area contributed by atoms with Crippen molar-refractivity contribution < 1.29 is 17.9 Å². The van der Waals surface area contributed by atoms with Gasteiger partial charge in [0.05, 0.1) is 18.3 Å². The smallest absolute Gasteiger partial charge is 0.373 e. The second-order valence-corrected chi connectivity index (χ2v) is 7.68. The number of morpholine rings is 1. The fraction of sp³-hybridized carbons (Fsp3) is 0.333. The van der Waals surface area contributed by atoms with Crippen LogP contribution >= 0.6 is 0 Å². The molecule has 0 saturated carbocycles. The first-order valence-corrected chi connectivity index (χ1v) is 10.2. The molecule has 30 heavy (non-hydrogen) atoms. The van der Waals surface area contributed by atoms with E-state index in [1.807, 2.05) is 12.1 Å². The molecule has 0 amide bonds. The van der Waals surface area contributed by atoms with Gasteiger partial charge >= 0.3 is 6.18 Å². The molecule has 1 heterocycles.